The summed E-state index contributed by atoms with van der Waals surface area (Å²) in [6.45, 7) is 4.74. The maximum absolute atomic E-state index is 12.7. The van der Waals surface area contributed by atoms with E-state index in [-0.39, 0.29) is 5.56 Å². The van der Waals surface area contributed by atoms with Crippen LogP contribution >= 0.6 is 0 Å². The number of aromatic amines is 1. The second kappa shape index (κ2) is 10.1. The average Bonchev–Trinajstić information content (AvgIpc) is 2.81. The summed E-state index contributed by atoms with van der Waals surface area (Å²) < 4.78 is 10.9. The summed E-state index contributed by atoms with van der Waals surface area (Å²) in [5.41, 5.74) is 6.30. The van der Waals surface area contributed by atoms with Gasteiger partial charge in [-0.15, -0.1) is 0 Å². The molecule has 2 heterocycles. The van der Waals surface area contributed by atoms with Crippen LogP contribution in [0.2, 0.25) is 0 Å². The molecule has 1 aromatic heterocycles. The van der Waals surface area contributed by atoms with E-state index in [0.717, 1.165) is 36.3 Å². The highest BCUT2D eigenvalue weighted by Crippen LogP contribution is 2.27. The summed E-state index contributed by atoms with van der Waals surface area (Å²) in [5, 5.41) is 4.21. The van der Waals surface area contributed by atoms with Crippen LogP contribution in [-0.2, 0) is 19.5 Å². The van der Waals surface area contributed by atoms with Crippen molar-refractivity contribution in [2.45, 2.75) is 26.4 Å². The number of fused-ring (bicyclic) bond motifs is 1. The molecule has 0 spiro atoms. The predicted molar refractivity (Wildman–Crippen MR) is 124 cm³/mol. The Labute approximate surface area is 186 Å². The van der Waals surface area contributed by atoms with Crippen LogP contribution in [0.5, 0.6) is 11.5 Å². The maximum Gasteiger partial charge on any atom is 0.257 e. The normalized spacial score (nSPS) is 13.7. The van der Waals surface area contributed by atoms with E-state index in [4.69, 9.17) is 9.47 Å². The Morgan fingerprint density at radius 3 is 2.84 bits per heavy atom. The number of anilines is 1. The van der Waals surface area contributed by atoms with Gasteiger partial charge in [0, 0.05) is 26.1 Å². The first-order valence-corrected chi connectivity index (χ1v) is 10.6. The van der Waals surface area contributed by atoms with Crippen molar-refractivity contribution in [1.82, 2.24) is 14.9 Å². The van der Waals surface area contributed by atoms with Gasteiger partial charge in [0.2, 0.25) is 5.95 Å². The van der Waals surface area contributed by atoms with Crippen molar-refractivity contribution in [2.24, 2.45) is 5.10 Å². The van der Waals surface area contributed by atoms with E-state index in [1.54, 1.807) is 13.3 Å². The first-order valence-electron chi connectivity index (χ1n) is 10.6. The van der Waals surface area contributed by atoms with E-state index in [1.165, 1.54) is 5.56 Å². The van der Waals surface area contributed by atoms with E-state index in [9.17, 15) is 4.79 Å². The van der Waals surface area contributed by atoms with Crippen LogP contribution in [0.4, 0.5) is 5.95 Å². The number of rotatable bonds is 8. The minimum absolute atomic E-state index is 0.131. The van der Waals surface area contributed by atoms with Gasteiger partial charge in [-0.3, -0.25) is 14.7 Å². The molecule has 0 amide bonds. The van der Waals surface area contributed by atoms with Gasteiger partial charge in [0.25, 0.3) is 5.56 Å². The molecule has 0 aliphatic carbocycles. The monoisotopic (exact) mass is 433 g/mol. The van der Waals surface area contributed by atoms with Gasteiger partial charge in [0.1, 0.15) is 0 Å². The average molecular weight is 434 g/mol. The summed E-state index contributed by atoms with van der Waals surface area (Å²) in [4.78, 5) is 22.3. The molecule has 0 saturated heterocycles. The van der Waals surface area contributed by atoms with Crippen molar-refractivity contribution in [3.05, 3.63) is 81.3 Å². The van der Waals surface area contributed by atoms with Crippen LogP contribution in [0, 0.1) is 0 Å². The lowest BCUT2D eigenvalue weighted by molar-refractivity contribution is 0.242. The molecular formula is C24H27N5O3. The SMILES string of the molecule is CCOc1ccc(/C=N\Nc2nc3c(c(=O)[nH]2)CN(Cc2ccccc2)CC3)cc1OC. The quantitative estimate of drug-likeness (QED) is 0.419. The Morgan fingerprint density at radius 2 is 2.06 bits per heavy atom. The van der Waals surface area contributed by atoms with Crippen molar-refractivity contribution in [1.29, 1.82) is 0 Å². The van der Waals surface area contributed by atoms with Gasteiger partial charge in [-0.2, -0.15) is 5.10 Å². The summed E-state index contributed by atoms with van der Waals surface area (Å²) >= 11 is 0. The van der Waals surface area contributed by atoms with Crippen LogP contribution in [-0.4, -0.2) is 41.3 Å². The molecule has 3 aromatic rings. The number of aromatic nitrogens is 2. The molecule has 0 bridgehead atoms. The van der Waals surface area contributed by atoms with Gasteiger partial charge < -0.3 is 9.47 Å². The third-order valence-corrected chi connectivity index (χ3v) is 5.27. The number of nitrogens with zero attached hydrogens (tertiary/aromatic N) is 3. The minimum Gasteiger partial charge on any atom is -0.493 e. The first kappa shape index (κ1) is 21.6. The Bertz CT molecular complexity index is 1140. The van der Waals surface area contributed by atoms with E-state index < -0.39 is 0 Å². The zero-order chi connectivity index (χ0) is 22.3. The van der Waals surface area contributed by atoms with Gasteiger partial charge in [-0.1, -0.05) is 30.3 Å². The third kappa shape index (κ3) is 5.15. The molecular weight excluding hydrogens is 406 g/mol. The van der Waals surface area contributed by atoms with Crippen LogP contribution in [0.15, 0.2) is 58.4 Å². The van der Waals surface area contributed by atoms with Crippen molar-refractivity contribution in [3.63, 3.8) is 0 Å². The smallest absolute Gasteiger partial charge is 0.257 e. The summed E-state index contributed by atoms with van der Waals surface area (Å²) in [7, 11) is 1.60. The fourth-order valence-electron chi connectivity index (χ4n) is 3.72. The molecule has 0 atom stereocenters. The van der Waals surface area contributed by atoms with Gasteiger partial charge in [0.15, 0.2) is 11.5 Å². The standard InChI is InChI=1S/C24H27N5O3/c1-3-32-21-10-9-18(13-22(21)31-2)14-25-28-24-26-20-11-12-29(16-19(20)23(30)27-24)15-17-7-5-4-6-8-17/h4-10,13-14H,3,11-12,15-16H2,1-2H3,(H2,26,27,28,30)/b25-14-. The number of hydrogen-bond acceptors (Lipinski definition) is 7. The van der Waals surface area contributed by atoms with E-state index in [0.29, 0.717) is 30.6 Å². The number of hydrazone groups is 1. The first-order chi connectivity index (χ1) is 15.7. The number of ether oxygens (including phenoxy) is 2. The molecule has 4 rings (SSSR count). The molecule has 32 heavy (non-hydrogen) atoms. The van der Waals surface area contributed by atoms with Gasteiger partial charge >= 0.3 is 0 Å². The number of methoxy groups -OCH3 is 1. The lowest BCUT2D eigenvalue weighted by Gasteiger charge is -2.27. The molecule has 1 aliphatic rings. The van der Waals surface area contributed by atoms with Crippen molar-refractivity contribution >= 4 is 12.2 Å². The Hall–Kier alpha value is -3.65. The highest BCUT2D eigenvalue weighted by atomic mass is 16.5. The largest absolute Gasteiger partial charge is 0.493 e. The molecule has 2 aromatic carbocycles. The van der Waals surface area contributed by atoms with E-state index in [2.05, 4.69) is 37.5 Å². The topological polar surface area (TPSA) is 91.8 Å². The molecule has 2 N–H and O–H groups in total. The summed E-state index contributed by atoms with van der Waals surface area (Å²) in [6, 6.07) is 15.8. The molecule has 0 saturated carbocycles. The lowest BCUT2D eigenvalue weighted by atomic mass is 10.1. The van der Waals surface area contributed by atoms with Crippen molar-refractivity contribution in [2.75, 3.05) is 25.7 Å². The number of nitrogens with one attached hydrogen (secondary N) is 2. The fourth-order valence-corrected chi connectivity index (χ4v) is 3.72. The Kier molecular flexibility index (Phi) is 6.81. The second-order valence-corrected chi connectivity index (χ2v) is 7.50. The highest BCUT2D eigenvalue weighted by molar-refractivity contribution is 5.81. The van der Waals surface area contributed by atoms with Crippen LogP contribution in [0.25, 0.3) is 0 Å². The van der Waals surface area contributed by atoms with Gasteiger partial charge in [0.05, 0.1) is 31.2 Å². The zero-order valence-electron chi connectivity index (χ0n) is 18.3. The Morgan fingerprint density at radius 1 is 1.22 bits per heavy atom. The van der Waals surface area contributed by atoms with Gasteiger partial charge in [-0.25, -0.2) is 10.4 Å². The van der Waals surface area contributed by atoms with Gasteiger partial charge in [-0.05, 0) is 36.2 Å². The maximum atomic E-state index is 12.7. The van der Waals surface area contributed by atoms with Crippen LogP contribution in [0.3, 0.4) is 0 Å². The zero-order valence-corrected chi connectivity index (χ0v) is 18.3. The minimum atomic E-state index is -0.131. The summed E-state index contributed by atoms with van der Waals surface area (Å²) in [6.07, 6.45) is 2.36. The van der Waals surface area contributed by atoms with Crippen LogP contribution < -0.4 is 20.5 Å². The van der Waals surface area contributed by atoms with E-state index >= 15 is 0 Å². The molecule has 0 unspecified atom stereocenters. The number of H-pyrrole nitrogens is 1. The number of benzene rings is 2. The highest BCUT2D eigenvalue weighted by Gasteiger charge is 2.21. The van der Waals surface area contributed by atoms with Crippen molar-refractivity contribution < 1.29 is 9.47 Å². The molecule has 1 aliphatic heterocycles. The molecule has 8 nitrogen and oxygen atoms in total. The second-order valence-electron chi connectivity index (χ2n) is 7.50. The third-order valence-electron chi connectivity index (χ3n) is 5.27. The fraction of sp³-hybridized carbons (Fsp3) is 0.292. The molecule has 0 fully saturated rings. The van der Waals surface area contributed by atoms with E-state index in [1.807, 2.05) is 43.3 Å². The molecule has 0 radical (unpaired) electrons. The molecule has 8 heteroatoms. The van der Waals surface area contributed by atoms with Crippen LogP contribution in [0.1, 0.15) is 29.3 Å². The number of hydrogen-bond donors (Lipinski definition) is 2. The molecule has 166 valence electrons. The predicted octanol–water partition coefficient (Wildman–Crippen LogP) is 3.18. The Balaban J connectivity index is 1.42. The summed E-state index contributed by atoms with van der Waals surface area (Å²) in [5.74, 6) is 1.65. The lowest BCUT2D eigenvalue weighted by Crippen LogP contribution is -2.35. The van der Waals surface area contributed by atoms with Crippen molar-refractivity contribution in [3.8, 4) is 11.5 Å².